The van der Waals surface area contributed by atoms with Crippen molar-refractivity contribution in [1.29, 1.82) is 0 Å². The molecule has 2 aromatic carbocycles. The minimum atomic E-state index is -0.998. The lowest BCUT2D eigenvalue weighted by atomic mass is 9.90. The minimum absolute atomic E-state index is 0.163. The van der Waals surface area contributed by atoms with Gasteiger partial charge >= 0.3 is 5.97 Å². The monoisotopic (exact) mass is 348 g/mol. The predicted molar refractivity (Wildman–Crippen MR) is 102 cm³/mol. The van der Waals surface area contributed by atoms with Crippen molar-refractivity contribution >= 4 is 28.4 Å². The number of nitrogens with one attached hydrogen (secondary N) is 1. The number of aromatic carboxylic acids is 1. The van der Waals surface area contributed by atoms with Crippen LogP contribution in [-0.2, 0) is 12.8 Å². The second-order valence-corrected chi connectivity index (χ2v) is 6.52. The van der Waals surface area contributed by atoms with Gasteiger partial charge in [0.05, 0.1) is 12.6 Å². The zero-order valence-electron chi connectivity index (χ0n) is 14.6. The summed E-state index contributed by atoms with van der Waals surface area (Å²) < 4.78 is 5.26. The summed E-state index contributed by atoms with van der Waals surface area (Å²) in [5, 5.41) is 13.7. The van der Waals surface area contributed by atoms with Crippen LogP contribution in [-0.4, -0.2) is 23.2 Å². The second-order valence-electron chi connectivity index (χ2n) is 6.52. The van der Waals surface area contributed by atoms with Crippen molar-refractivity contribution in [2.45, 2.75) is 25.7 Å². The van der Waals surface area contributed by atoms with E-state index in [0.29, 0.717) is 17.1 Å². The Morgan fingerprint density at radius 1 is 1.15 bits per heavy atom. The first-order valence-electron chi connectivity index (χ1n) is 8.75. The van der Waals surface area contributed by atoms with Crippen LogP contribution in [0.4, 0.5) is 11.5 Å². The summed E-state index contributed by atoms with van der Waals surface area (Å²) in [4.78, 5) is 16.3. The lowest BCUT2D eigenvalue weighted by Crippen LogP contribution is -2.09. The Kier molecular flexibility index (Phi) is 4.21. The van der Waals surface area contributed by atoms with Gasteiger partial charge in [0, 0.05) is 17.1 Å². The zero-order valence-corrected chi connectivity index (χ0v) is 14.6. The highest BCUT2D eigenvalue weighted by Crippen LogP contribution is 2.32. The number of hydrogen-bond acceptors (Lipinski definition) is 4. The van der Waals surface area contributed by atoms with E-state index >= 15 is 0 Å². The van der Waals surface area contributed by atoms with Crippen molar-refractivity contribution in [2.75, 3.05) is 12.4 Å². The first-order valence-corrected chi connectivity index (χ1v) is 8.75. The van der Waals surface area contributed by atoms with Crippen LogP contribution in [0, 0.1) is 0 Å². The van der Waals surface area contributed by atoms with Gasteiger partial charge in [-0.25, -0.2) is 9.78 Å². The van der Waals surface area contributed by atoms with E-state index in [0.717, 1.165) is 30.3 Å². The number of hydrogen-bond donors (Lipinski definition) is 2. The van der Waals surface area contributed by atoms with Crippen molar-refractivity contribution in [3.8, 4) is 5.75 Å². The SMILES string of the molecule is COc1ccc2cc(C(=O)O)c(Nc3cccc4c3CCCC4)nc2c1. The first-order chi connectivity index (χ1) is 12.7. The van der Waals surface area contributed by atoms with Crippen LogP contribution in [0.3, 0.4) is 0 Å². The van der Waals surface area contributed by atoms with E-state index in [-0.39, 0.29) is 5.56 Å². The molecule has 0 atom stereocenters. The van der Waals surface area contributed by atoms with E-state index in [1.54, 1.807) is 19.2 Å². The average molecular weight is 348 g/mol. The molecular weight excluding hydrogens is 328 g/mol. The number of fused-ring (bicyclic) bond motifs is 2. The highest BCUT2D eigenvalue weighted by Gasteiger charge is 2.17. The summed E-state index contributed by atoms with van der Waals surface area (Å²) >= 11 is 0. The number of nitrogens with zero attached hydrogens (tertiary/aromatic N) is 1. The van der Waals surface area contributed by atoms with Crippen molar-refractivity contribution in [3.05, 3.63) is 59.2 Å². The van der Waals surface area contributed by atoms with Gasteiger partial charge in [0.25, 0.3) is 0 Å². The number of carboxylic acids is 1. The molecule has 1 aliphatic rings. The van der Waals surface area contributed by atoms with Gasteiger partial charge in [0.2, 0.25) is 0 Å². The highest BCUT2D eigenvalue weighted by molar-refractivity contribution is 5.99. The van der Waals surface area contributed by atoms with Gasteiger partial charge in [-0.1, -0.05) is 12.1 Å². The number of pyridine rings is 1. The molecule has 26 heavy (non-hydrogen) atoms. The summed E-state index contributed by atoms with van der Waals surface area (Å²) in [5.74, 6) is 0.0517. The van der Waals surface area contributed by atoms with Gasteiger partial charge in [-0.3, -0.25) is 0 Å². The van der Waals surface area contributed by atoms with Crippen LogP contribution in [0.2, 0.25) is 0 Å². The zero-order chi connectivity index (χ0) is 18.1. The third-order valence-electron chi connectivity index (χ3n) is 4.90. The molecule has 0 aliphatic heterocycles. The fourth-order valence-corrected chi connectivity index (χ4v) is 3.56. The molecule has 5 nitrogen and oxygen atoms in total. The van der Waals surface area contributed by atoms with E-state index in [2.05, 4.69) is 16.4 Å². The third-order valence-corrected chi connectivity index (χ3v) is 4.90. The number of carbonyl (C=O) groups is 1. The lowest BCUT2D eigenvalue weighted by Gasteiger charge is -2.20. The summed E-state index contributed by atoms with van der Waals surface area (Å²) in [6.45, 7) is 0. The maximum absolute atomic E-state index is 11.8. The molecule has 0 amide bonds. The third kappa shape index (κ3) is 2.96. The Morgan fingerprint density at radius 3 is 2.81 bits per heavy atom. The Morgan fingerprint density at radius 2 is 2.00 bits per heavy atom. The van der Waals surface area contributed by atoms with Crippen molar-refractivity contribution in [2.24, 2.45) is 0 Å². The Hall–Kier alpha value is -3.08. The fourth-order valence-electron chi connectivity index (χ4n) is 3.56. The number of methoxy groups -OCH3 is 1. The second kappa shape index (κ2) is 6.67. The van der Waals surface area contributed by atoms with Crippen molar-refractivity contribution < 1.29 is 14.6 Å². The topological polar surface area (TPSA) is 71.5 Å². The van der Waals surface area contributed by atoms with Gasteiger partial charge in [0.1, 0.15) is 17.1 Å². The Labute approximate surface area is 151 Å². The van der Waals surface area contributed by atoms with Crippen molar-refractivity contribution in [3.63, 3.8) is 0 Å². The van der Waals surface area contributed by atoms with Crippen LogP contribution in [0.25, 0.3) is 10.9 Å². The summed E-state index contributed by atoms with van der Waals surface area (Å²) in [6, 6.07) is 13.2. The minimum Gasteiger partial charge on any atom is -0.497 e. The molecular formula is C21H20N2O3. The fraction of sp³-hybridized carbons (Fsp3) is 0.238. The number of aromatic nitrogens is 1. The molecule has 0 bridgehead atoms. The van der Waals surface area contributed by atoms with Gasteiger partial charge in [0.15, 0.2) is 0 Å². The summed E-state index contributed by atoms with van der Waals surface area (Å²) in [7, 11) is 1.60. The molecule has 5 heteroatoms. The quantitative estimate of drug-likeness (QED) is 0.723. The molecule has 1 aromatic heterocycles. The number of carboxylic acid groups (broad SMARTS) is 1. The first kappa shape index (κ1) is 16.4. The van der Waals surface area contributed by atoms with Crippen molar-refractivity contribution in [1.82, 2.24) is 4.98 Å². The van der Waals surface area contributed by atoms with Crippen LogP contribution in [0.5, 0.6) is 5.75 Å². The van der Waals surface area contributed by atoms with Crippen LogP contribution < -0.4 is 10.1 Å². The van der Waals surface area contributed by atoms with Gasteiger partial charge in [-0.15, -0.1) is 0 Å². The molecule has 0 spiro atoms. The lowest BCUT2D eigenvalue weighted by molar-refractivity contribution is 0.0698. The Bertz CT molecular complexity index is 998. The molecule has 0 unspecified atom stereocenters. The van der Waals surface area contributed by atoms with Crippen LogP contribution in [0.1, 0.15) is 34.3 Å². The molecule has 0 saturated carbocycles. The summed E-state index contributed by atoms with van der Waals surface area (Å²) in [5.41, 5.74) is 4.40. The molecule has 1 heterocycles. The number of aryl methyl sites for hydroxylation is 1. The number of anilines is 2. The number of ether oxygens (including phenoxy) is 1. The van der Waals surface area contributed by atoms with Gasteiger partial charge < -0.3 is 15.2 Å². The molecule has 4 rings (SSSR count). The van der Waals surface area contributed by atoms with Gasteiger partial charge in [-0.2, -0.15) is 0 Å². The van der Waals surface area contributed by atoms with E-state index < -0.39 is 5.97 Å². The van der Waals surface area contributed by atoms with E-state index in [4.69, 9.17) is 4.74 Å². The standard InChI is InChI=1S/C21H20N2O3/c1-26-15-10-9-14-11-17(21(24)25)20(23-19(14)12-15)22-18-8-4-6-13-5-2-3-7-16(13)18/h4,6,8-12H,2-3,5,7H2,1H3,(H,22,23)(H,24,25). The largest absolute Gasteiger partial charge is 0.497 e. The molecule has 132 valence electrons. The highest BCUT2D eigenvalue weighted by atomic mass is 16.5. The van der Waals surface area contributed by atoms with E-state index in [1.165, 1.54) is 17.5 Å². The number of rotatable bonds is 4. The molecule has 2 N–H and O–H groups in total. The maximum atomic E-state index is 11.8. The maximum Gasteiger partial charge on any atom is 0.339 e. The van der Waals surface area contributed by atoms with Crippen LogP contribution in [0.15, 0.2) is 42.5 Å². The Balaban J connectivity index is 1.82. The summed E-state index contributed by atoms with van der Waals surface area (Å²) in [6.07, 6.45) is 4.42. The van der Waals surface area contributed by atoms with Gasteiger partial charge in [-0.05, 0) is 61.1 Å². The molecule has 0 radical (unpaired) electrons. The van der Waals surface area contributed by atoms with E-state index in [1.807, 2.05) is 24.3 Å². The molecule has 3 aromatic rings. The average Bonchev–Trinajstić information content (AvgIpc) is 2.67. The molecule has 0 fully saturated rings. The normalized spacial score (nSPS) is 13.3. The predicted octanol–water partition coefficient (Wildman–Crippen LogP) is 4.56. The molecule has 0 saturated heterocycles. The smallest absolute Gasteiger partial charge is 0.339 e. The number of benzene rings is 2. The van der Waals surface area contributed by atoms with E-state index in [9.17, 15) is 9.90 Å². The van der Waals surface area contributed by atoms with Crippen LogP contribution >= 0.6 is 0 Å². The molecule has 1 aliphatic carbocycles.